The van der Waals surface area contributed by atoms with Gasteiger partial charge in [0, 0.05) is 12.2 Å². The van der Waals surface area contributed by atoms with E-state index in [1.165, 1.54) is 12.1 Å². The minimum absolute atomic E-state index is 0.148. The fourth-order valence-electron chi connectivity index (χ4n) is 3.30. The molecular formula is C25H28N2O4S. The summed E-state index contributed by atoms with van der Waals surface area (Å²) in [5, 5.41) is 2.90. The first-order valence-corrected chi connectivity index (χ1v) is 12.0. The fraction of sp³-hybridized carbons (Fsp3) is 0.240. The molecule has 0 spiro atoms. The predicted octanol–water partition coefficient (Wildman–Crippen LogP) is 4.10. The largest absolute Gasteiger partial charge is 0.484 e. The topological polar surface area (TPSA) is 84.5 Å². The number of hydrogen-bond donors (Lipinski definition) is 2. The van der Waals surface area contributed by atoms with Gasteiger partial charge in [-0.3, -0.25) is 4.79 Å². The molecule has 3 aromatic rings. The summed E-state index contributed by atoms with van der Waals surface area (Å²) in [6, 6.07) is 21.6. The second-order valence-corrected chi connectivity index (χ2v) is 9.17. The number of para-hydroxylation sites is 1. The molecule has 3 rings (SSSR count). The van der Waals surface area contributed by atoms with Crippen LogP contribution in [0, 0.1) is 6.92 Å². The van der Waals surface area contributed by atoms with Crippen molar-refractivity contribution >= 4 is 21.6 Å². The minimum atomic E-state index is -3.62. The first-order valence-electron chi connectivity index (χ1n) is 10.5. The number of carbonyl (C=O) groups is 1. The number of carbonyl (C=O) groups excluding carboxylic acids is 1. The summed E-state index contributed by atoms with van der Waals surface area (Å²) in [5.41, 5.74) is 3.93. The van der Waals surface area contributed by atoms with E-state index in [9.17, 15) is 13.2 Å². The lowest BCUT2D eigenvalue weighted by molar-refractivity contribution is -0.118. The van der Waals surface area contributed by atoms with E-state index in [0.717, 1.165) is 28.8 Å². The predicted molar refractivity (Wildman–Crippen MR) is 126 cm³/mol. The maximum Gasteiger partial charge on any atom is 0.262 e. The van der Waals surface area contributed by atoms with Gasteiger partial charge in [0.1, 0.15) is 5.75 Å². The maximum absolute atomic E-state index is 12.5. The van der Waals surface area contributed by atoms with E-state index in [1.807, 2.05) is 62.4 Å². The number of nitrogens with one attached hydrogen (secondary N) is 2. The van der Waals surface area contributed by atoms with Crippen LogP contribution < -0.4 is 14.8 Å². The number of sulfonamides is 1. The lowest BCUT2D eigenvalue weighted by Crippen LogP contribution is -2.26. The molecule has 3 aromatic carbocycles. The van der Waals surface area contributed by atoms with E-state index in [-0.39, 0.29) is 17.4 Å². The van der Waals surface area contributed by atoms with Crippen molar-refractivity contribution in [3.05, 3.63) is 89.5 Å². The highest BCUT2D eigenvalue weighted by Gasteiger charge is 2.14. The number of ether oxygens (including phenoxy) is 1. The second kappa shape index (κ2) is 10.9. The Morgan fingerprint density at radius 3 is 2.34 bits per heavy atom. The molecule has 0 saturated carbocycles. The molecule has 0 heterocycles. The molecule has 0 fully saturated rings. The summed E-state index contributed by atoms with van der Waals surface area (Å²) in [4.78, 5) is 12.5. The van der Waals surface area contributed by atoms with Crippen molar-refractivity contribution in [2.45, 2.75) is 31.6 Å². The van der Waals surface area contributed by atoms with E-state index in [2.05, 4.69) is 10.0 Å². The van der Waals surface area contributed by atoms with Crippen molar-refractivity contribution in [2.75, 3.05) is 18.5 Å². The quantitative estimate of drug-likeness (QED) is 0.485. The molecule has 32 heavy (non-hydrogen) atoms. The summed E-state index contributed by atoms with van der Waals surface area (Å²) in [7, 11) is -3.62. The number of anilines is 1. The van der Waals surface area contributed by atoms with Crippen LogP contribution in [0.25, 0.3) is 0 Å². The van der Waals surface area contributed by atoms with Gasteiger partial charge in [-0.1, -0.05) is 55.5 Å². The Labute approximate surface area is 189 Å². The summed E-state index contributed by atoms with van der Waals surface area (Å²) < 4.78 is 33.1. The molecule has 6 nitrogen and oxygen atoms in total. The third-order valence-corrected chi connectivity index (χ3v) is 6.53. The number of aryl methyl sites for hydroxylation is 2. The van der Waals surface area contributed by atoms with Crippen LogP contribution in [0.4, 0.5) is 5.69 Å². The Morgan fingerprint density at radius 1 is 0.938 bits per heavy atom. The van der Waals surface area contributed by atoms with Crippen molar-refractivity contribution in [2.24, 2.45) is 0 Å². The Hall–Kier alpha value is -3.16. The fourth-order valence-corrected chi connectivity index (χ4v) is 4.33. The van der Waals surface area contributed by atoms with Crippen molar-refractivity contribution in [3.8, 4) is 5.75 Å². The van der Waals surface area contributed by atoms with Gasteiger partial charge < -0.3 is 10.1 Å². The molecular weight excluding hydrogens is 424 g/mol. The zero-order chi connectivity index (χ0) is 23.0. The van der Waals surface area contributed by atoms with Gasteiger partial charge in [-0.2, -0.15) is 0 Å². The van der Waals surface area contributed by atoms with Crippen LogP contribution in [0.1, 0.15) is 23.6 Å². The molecule has 168 valence electrons. The highest BCUT2D eigenvalue weighted by atomic mass is 32.2. The second-order valence-electron chi connectivity index (χ2n) is 7.40. The summed E-state index contributed by atoms with van der Waals surface area (Å²) >= 11 is 0. The molecule has 0 aromatic heterocycles. The average molecular weight is 453 g/mol. The van der Waals surface area contributed by atoms with E-state index in [0.29, 0.717) is 18.7 Å². The maximum atomic E-state index is 12.5. The van der Waals surface area contributed by atoms with Gasteiger partial charge in [-0.05, 0) is 60.7 Å². The van der Waals surface area contributed by atoms with Gasteiger partial charge in [0.15, 0.2) is 6.61 Å². The van der Waals surface area contributed by atoms with Gasteiger partial charge in [0.2, 0.25) is 10.0 Å². The standard InChI is InChI=1S/C25H28N2O4S/c1-3-21-11-7-8-19(2)25(21)27-24(28)18-31-22-12-14-23(15-13-22)32(29,30)26-17-16-20-9-5-4-6-10-20/h4-15,26H,3,16-18H2,1-2H3,(H,27,28). The molecule has 0 aliphatic rings. The molecule has 0 unspecified atom stereocenters. The number of rotatable bonds is 10. The molecule has 2 N–H and O–H groups in total. The van der Waals surface area contributed by atoms with Crippen molar-refractivity contribution in [1.29, 1.82) is 0 Å². The Kier molecular flexibility index (Phi) is 8.03. The van der Waals surface area contributed by atoms with Gasteiger partial charge in [0.25, 0.3) is 5.91 Å². The van der Waals surface area contributed by atoms with Crippen LogP contribution in [0.5, 0.6) is 5.75 Å². The average Bonchev–Trinajstić information content (AvgIpc) is 2.80. The van der Waals surface area contributed by atoms with Gasteiger partial charge in [0.05, 0.1) is 4.90 Å². The van der Waals surface area contributed by atoms with Crippen LogP contribution in [-0.4, -0.2) is 27.5 Å². The van der Waals surface area contributed by atoms with Crippen molar-refractivity contribution in [1.82, 2.24) is 4.72 Å². The van der Waals surface area contributed by atoms with Gasteiger partial charge in [-0.15, -0.1) is 0 Å². The molecule has 0 radical (unpaired) electrons. The Balaban J connectivity index is 1.52. The first-order chi connectivity index (χ1) is 15.4. The molecule has 0 aliphatic heterocycles. The summed E-state index contributed by atoms with van der Waals surface area (Å²) in [6.07, 6.45) is 1.42. The van der Waals surface area contributed by atoms with E-state index >= 15 is 0 Å². The zero-order valence-electron chi connectivity index (χ0n) is 18.3. The monoisotopic (exact) mass is 452 g/mol. The normalized spacial score (nSPS) is 11.2. The van der Waals surface area contributed by atoms with Crippen LogP contribution in [-0.2, 0) is 27.7 Å². The molecule has 0 bridgehead atoms. The Bertz CT molecular complexity index is 1140. The van der Waals surface area contributed by atoms with Gasteiger partial charge >= 0.3 is 0 Å². The van der Waals surface area contributed by atoms with Crippen molar-refractivity contribution < 1.29 is 17.9 Å². The van der Waals surface area contributed by atoms with Crippen LogP contribution in [0.2, 0.25) is 0 Å². The summed E-state index contributed by atoms with van der Waals surface area (Å²) in [6.45, 7) is 4.12. The minimum Gasteiger partial charge on any atom is -0.484 e. The third-order valence-electron chi connectivity index (χ3n) is 5.06. The molecule has 1 amide bonds. The number of benzene rings is 3. The lowest BCUT2D eigenvalue weighted by atomic mass is 10.1. The smallest absolute Gasteiger partial charge is 0.262 e. The number of amides is 1. The van der Waals surface area contributed by atoms with Crippen molar-refractivity contribution in [3.63, 3.8) is 0 Å². The molecule has 0 saturated heterocycles. The summed E-state index contributed by atoms with van der Waals surface area (Å²) in [5.74, 6) is 0.150. The number of hydrogen-bond acceptors (Lipinski definition) is 4. The molecule has 7 heteroatoms. The molecule has 0 aliphatic carbocycles. The highest BCUT2D eigenvalue weighted by molar-refractivity contribution is 7.89. The van der Waals surface area contributed by atoms with Crippen LogP contribution in [0.3, 0.4) is 0 Å². The van der Waals surface area contributed by atoms with E-state index in [4.69, 9.17) is 4.74 Å². The Morgan fingerprint density at radius 2 is 1.66 bits per heavy atom. The lowest BCUT2D eigenvalue weighted by Gasteiger charge is -2.13. The SMILES string of the molecule is CCc1cccc(C)c1NC(=O)COc1ccc(S(=O)(=O)NCCc2ccccc2)cc1. The van der Waals surface area contributed by atoms with E-state index in [1.54, 1.807) is 12.1 Å². The highest BCUT2D eigenvalue weighted by Crippen LogP contribution is 2.21. The van der Waals surface area contributed by atoms with Crippen LogP contribution in [0.15, 0.2) is 77.7 Å². The van der Waals surface area contributed by atoms with Crippen LogP contribution >= 0.6 is 0 Å². The first kappa shape index (κ1) is 23.5. The zero-order valence-corrected chi connectivity index (χ0v) is 19.1. The van der Waals surface area contributed by atoms with E-state index < -0.39 is 10.0 Å². The third kappa shape index (κ3) is 6.42. The molecule has 0 atom stereocenters. The van der Waals surface area contributed by atoms with Gasteiger partial charge in [-0.25, -0.2) is 13.1 Å².